The third-order valence-electron chi connectivity index (χ3n) is 5.42. The summed E-state index contributed by atoms with van der Waals surface area (Å²) >= 11 is 0. The summed E-state index contributed by atoms with van der Waals surface area (Å²) in [5, 5.41) is 17.9. The molecule has 8 heteroatoms. The number of nitrogens with one attached hydrogen (secondary N) is 1. The van der Waals surface area contributed by atoms with Gasteiger partial charge < -0.3 is 15.2 Å². The third kappa shape index (κ3) is 3.94. The van der Waals surface area contributed by atoms with Gasteiger partial charge in [-0.05, 0) is 36.7 Å². The Morgan fingerprint density at radius 2 is 2.14 bits per heavy atom. The van der Waals surface area contributed by atoms with Crippen LogP contribution in [0.15, 0.2) is 17.1 Å². The van der Waals surface area contributed by atoms with E-state index in [0.29, 0.717) is 31.8 Å². The number of aromatic nitrogens is 3. The average molecular weight is 400 g/mol. The van der Waals surface area contributed by atoms with Crippen LogP contribution >= 0.6 is 0 Å². The Morgan fingerprint density at radius 3 is 2.76 bits per heavy atom. The van der Waals surface area contributed by atoms with Gasteiger partial charge in [0.1, 0.15) is 5.65 Å². The molecule has 0 unspecified atom stereocenters. The summed E-state index contributed by atoms with van der Waals surface area (Å²) in [7, 11) is 0. The number of ether oxygens (including phenoxy) is 1. The average Bonchev–Trinajstić information content (AvgIpc) is 3.36. The van der Waals surface area contributed by atoms with E-state index < -0.39 is 17.3 Å². The van der Waals surface area contributed by atoms with Gasteiger partial charge in [0.2, 0.25) is 5.88 Å². The quantitative estimate of drug-likeness (QED) is 0.803. The van der Waals surface area contributed by atoms with Crippen molar-refractivity contribution in [3.63, 3.8) is 0 Å². The second-order valence-electron chi connectivity index (χ2n) is 9.06. The van der Waals surface area contributed by atoms with Crippen molar-refractivity contribution in [2.24, 2.45) is 5.41 Å². The fourth-order valence-corrected chi connectivity index (χ4v) is 3.53. The van der Waals surface area contributed by atoms with Crippen LogP contribution in [0.5, 0.6) is 5.88 Å². The third-order valence-corrected chi connectivity index (χ3v) is 5.42. The van der Waals surface area contributed by atoms with E-state index in [4.69, 9.17) is 4.74 Å². The number of hydrogen-bond donors (Lipinski definition) is 2. The first-order valence-corrected chi connectivity index (χ1v) is 10.2. The van der Waals surface area contributed by atoms with Crippen LogP contribution in [-0.2, 0) is 11.3 Å². The number of carbonyl (C=O) groups is 1. The zero-order valence-corrected chi connectivity index (χ0v) is 17.2. The molecule has 0 spiro atoms. The maximum absolute atomic E-state index is 13.4. The van der Waals surface area contributed by atoms with Crippen molar-refractivity contribution >= 4 is 17.1 Å². The van der Waals surface area contributed by atoms with E-state index in [1.54, 1.807) is 10.8 Å². The monoisotopic (exact) mass is 400 g/mol. The smallest absolute Gasteiger partial charge is 0.270 e. The van der Waals surface area contributed by atoms with Gasteiger partial charge in [0, 0.05) is 18.2 Å². The molecular formula is C21H28N4O4. The Labute approximate surface area is 169 Å². The number of aryl methyl sites for hydroxylation is 1. The lowest BCUT2D eigenvalue weighted by Gasteiger charge is -2.21. The maximum Gasteiger partial charge on any atom is 0.270 e. The first-order valence-electron chi connectivity index (χ1n) is 10.2. The highest BCUT2D eigenvalue weighted by Gasteiger charge is 2.30. The molecule has 0 aromatic carbocycles. The van der Waals surface area contributed by atoms with Gasteiger partial charge in [0.15, 0.2) is 5.56 Å². The molecule has 8 nitrogen and oxygen atoms in total. The zero-order chi connectivity index (χ0) is 20.8. The van der Waals surface area contributed by atoms with E-state index in [-0.39, 0.29) is 17.0 Å². The lowest BCUT2D eigenvalue weighted by Crippen LogP contribution is -2.36. The molecule has 0 atom stereocenters. The van der Waals surface area contributed by atoms with E-state index in [9.17, 15) is 14.7 Å². The highest BCUT2D eigenvalue weighted by molar-refractivity contribution is 5.97. The number of rotatable bonds is 5. The summed E-state index contributed by atoms with van der Waals surface area (Å²) in [5.41, 5.74) is 1.63. The Balaban J connectivity index is 1.89. The van der Waals surface area contributed by atoms with Crippen LogP contribution < -0.4 is 10.9 Å². The minimum atomic E-state index is -0.538. The first kappa shape index (κ1) is 19.7. The highest BCUT2D eigenvalue weighted by Crippen LogP contribution is 2.29. The van der Waals surface area contributed by atoms with Crippen molar-refractivity contribution in [3.05, 3.63) is 33.8 Å². The SMILES string of the molecule is CC(C)(C)CCn1c(=O)c(C(=O)NC2CC2)c(O)n2ncc(C3=CCOCC3)c12. The summed E-state index contributed by atoms with van der Waals surface area (Å²) in [6.07, 6.45) is 6.87. The van der Waals surface area contributed by atoms with Crippen LogP contribution in [0.2, 0.25) is 0 Å². The fraction of sp³-hybridized carbons (Fsp3) is 0.571. The van der Waals surface area contributed by atoms with Gasteiger partial charge >= 0.3 is 0 Å². The van der Waals surface area contributed by atoms with E-state index in [1.165, 1.54) is 4.52 Å². The summed E-state index contributed by atoms with van der Waals surface area (Å²) in [6, 6.07) is 0.0839. The van der Waals surface area contributed by atoms with Crippen molar-refractivity contribution in [3.8, 4) is 5.88 Å². The van der Waals surface area contributed by atoms with E-state index in [0.717, 1.165) is 30.4 Å². The summed E-state index contributed by atoms with van der Waals surface area (Å²) < 4.78 is 8.30. The summed E-state index contributed by atoms with van der Waals surface area (Å²) in [5.74, 6) is -0.946. The molecule has 0 saturated heterocycles. The van der Waals surface area contributed by atoms with Gasteiger partial charge in [-0.15, -0.1) is 0 Å². The minimum absolute atomic E-state index is 0.00286. The molecule has 4 rings (SSSR count). The fourth-order valence-electron chi connectivity index (χ4n) is 3.53. The molecule has 156 valence electrons. The lowest BCUT2D eigenvalue weighted by molar-refractivity contribution is 0.0944. The number of aromatic hydroxyl groups is 1. The molecule has 2 aromatic rings. The lowest BCUT2D eigenvalue weighted by atomic mass is 9.92. The standard InChI is InChI=1S/C21H28N4O4/c1-21(2,3)8-9-24-18-15(13-6-10-29-11-7-13)12-22-25(18)20(28)16(19(24)27)17(26)23-14-4-5-14/h6,12,14,28H,4-5,7-11H2,1-3H3,(H,23,26). The number of hydrogen-bond acceptors (Lipinski definition) is 5. The number of fused-ring (bicyclic) bond motifs is 1. The molecule has 2 aliphatic rings. The molecule has 1 aliphatic carbocycles. The van der Waals surface area contributed by atoms with Crippen LogP contribution in [-0.4, -0.2) is 44.5 Å². The van der Waals surface area contributed by atoms with Gasteiger partial charge in [-0.1, -0.05) is 26.8 Å². The summed E-state index contributed by atoms with van der Waals surface area (Å²) in [6.45, 7) is 7.85. The predicted molar refractivity (Wildman–Crippen MR) is 109 cm³/mol. The minimum Gasteiger partial charge on any atom is -0.492 e. The molecule has 0 radical (unpaired) electrons. The van der Waals surface area contributed by atoms with Crippen molar-refractivity contribution < 1.29 is 14.6 Å². The normalized spacial score (nSPS) is 17.4. The molecule has 2 aromatic heterocycles. The zero-order valence-electron chi connectivity index (χ0n) is 17.2. The topological polar surface area (TPSA) is 97.9 Å². The van der Waals surface area contributed by atoms with Crippen molar-refractivity contribution in [1.29, 1.82) is 0 Å². The van der Waals surface area contributed by atoms with Crippen molar-refractivity contribution in [2.75, 3.05) is 13.2 Å². The Bertz CT molecular complexity index is 1040. The molecule has 1 fully saturated rings. The second kappa shape index (κ2) is 7.33. The molecule has 3 heterocycles. The van der Waals surface area contributed by atoms with Crippen LogP contribution in [0.25, 0.3) is 11.2 Å². The number of amides is 1. The Hall–Kier alpha value is -2.61. The van der Waals surface area contributed by atoms with E-state index in [2.05, 4.69) is 31.2 Å². The van der Waals surface area contributed by atoms with Crippen LogP contribution in [0.3, 0.4) is 0 Å². The van der Waals surface area contributed by atoms with Gasteiger partial charge in [-0.2, -0.15) is 9.61 Å². The van der Waals surface area contributed by atoms with Crippen LogP contribution in [0.4, 0.5) is 0 Å². The van der Waals surface area contributed by atoms with Gasteiger partial charge in [0.25, 0.3) is 11.5 Å². The first-order chi connectivity index (χ1) is 13.8. The second-order valence-corrected chi connectivity index (χ2v) is 9.06. The highest BCUT2D eigenvalue weighted by atomic mass is 16.5. The maximum atomic E-state index is 13.4. The van der Waals surface area contributed by atoms with Crippen LogP contribution in [0.1, 0.15) is 62.4 Å². The van der Waals surface area contributed by atoms with Gasteiger partial charge in [-0.25, -0.2) is 0 Å². The molecular weight excluding hydrogens is 372 g/mol. The molecule has 1 aliphatic heterocycles. The Kier molecular flexibility index (Phi) is 4.98. The van der Waals surface area contributed by atoms with Crippen molar-refractivity contribution in [2.45, 2.75) is 59.0 Å². The predicted octanol–water partition coefficient (Wildman–Crippen LogP) is 2.33. The number of carbonyl (C=O) groups excluding carboxylic acids is 1. The van der Waals surface area contributed by atoms with Crippen LogP contribution in [0, 0.1) is 5.41 Å². The molecule has 2 N–H and O–H groups in total. The van der Waals surface area contributed by atoms with Crippen molar-refractivity contribution in [1.82, 2.24) is 19.5 Å². The Morgan fingerprint density at radius 1 is 1.38 bits per heavy atom. The van der Waals surface area contributed by atoms with Gasteiger partial charge in [0.05, 0.1) is 19.4 Å². The molecule has 1 saturated carbocycles. The van der Waals surface area contributed by atoms with E-state index >= 15 is 0 Å². The molecule has 1 amide bonds. The van der Waals surface area contributed by atoms with E-state index in [1.807, 2.05) is 6.08 Å². The summed E-state index contributed by atoms with van der Waals surface area (Å²) in [4.78, 5) is 26.0. The molecule has 0 bridgehead atoms. The van der Waals surface area contributed by atoms with Gasteiger partial charge in [-0.3, -0.25) is 14.2 Å². The number of nitrogens with zero attached hydrogens (tertiary/aromatic N) is 3. The largest absolute Gasteiger partial charge is 0.492 e. The molecule has 29 heavy (non-hydrogen) atoms.